The Morgan fingerprint density at radius 1 is 1.35 bits per heavy atom. The Labute approximate surface area is 100 Å². The molecule has 0 aliphatic carbocycles. The lowest BCUT2D eigenvalue weighted by atomic mass is 10.2. The van der Waals surface area contributed by atoms with Crippen LogP contribution in [0, 0.1) is 15.1 Å². The highest BCUT2D eigenvalue weighted by Crippen LogP contribution is 2.62. The van der Waals surface area contributed by atoms with E-state index in [4.69, 9.17) is 19.0 Å². The first-order valence-electron chi connectivity index (χ1n) is 5.36. The lowest BCUT2D eigenvalue weighted by molar-refractivity contribution is -0.506. The first-order valence-corrected chi connectivity index (χ1v) is 6.90. The second-order valence-corrected chi connectivity index (χ2v) is 6.07. The first kappa shape index (κ1) is 16.2. The second-order valence-electron chi connectivity index (χ2n) is 3.60. The quantitative estimate of drug-likeness (QED) is 0.431. The van der Waals surface area contributed by atoms with Gasteiger partial charge in [0.25, 0.3) is 5.28 Å². The molecule has 0 spiro atoms. The van der Waals surface area contributed by atoms with Gasteiger partial charge in [-0.15, -0.1) is 0 Å². The summed E-state index contributed by atoms with van der Waals surface area (Å²) in [5, 5.41) is 10.6. The number of hydrogen-bond acceptors (Lipinski definition) is 6. The average molecular weight is 267 g/mol. The molecule has 0 amide bonds. The minimum Gasteiger partial charge on any atom is -0.623 e. The zero-order valence-electron chi connectivity index (χ0n) is 10.2. The zero-order chi connectivity index (χ0) is 13.5. The summed E-state index contributed by atoms with van der Waals surface area (Å²) < 4.78 is 23.6. The van der Waals surface area contributed by atoms with Crippen LogP contribution in [0.3, 0.4) is 0 Å². The van der Waals surface area contributed by atoms with Gasteiger partial charge in [0.2, 0.25) is 0 Å². The molecule has 1 aliphatic heterocycles. The summed E-state index contributed by atoms with van der Waals surface area (Å²) in [5.41, 5.74) is 0. The molecule has 7 nitrogen and oxygen atoms in total. The molecule has 8 heteroatoms. The van der Waals surface area contributed by atoms with Crippen LogP contribution < -0.4 is 0 Å². The van der Waals surface area contributed by atoms with Gasteiger partial charge in [0.15, 0.2) is 6.21 Å². The Morgan fingerprint density at radius 2 is 1.82 bits per heavy atom. The Balaban J connectivity index is 0.00000121. The van der Waals surface area contributed by atoms with Crippen molar-refractivity contribution in [3.05, 3.63) is 15.1 Å². The van der Waals surface area contributed by atoms with E-state index >= 15 is 0 Å². The fraction of sp³-hybridized carbons (Fsp3) is 0.889. The van der Waals surface area contributed by atoms with E-state index in [1.54, 1.807) is 20.8 Å². The normalized spacial score (nSPS) is 23.8. The van der Waals surface area contributed by atoms with Crippen LogP contribution in [-0.2, 0) is 13.6 Å². The van der Waals surface area contributed by atoms with E-state index in [1.165, 1.54) is 6.21 Å². The lowest BCUT2D eigenvalue weighted by Gasteiger charge is -2.30. The topological polar surface area (TPSA) is 95.7 Å². The van der Waals surface area contributed by atoms with E-state index in [0.29, 0.717) is 12.8 Å². The fourth-order valence-electron chi connectivity index (χ4n) is 1.68. The van der Waals surface area contributed by atoms with Gasteiger partial charge < -0.3 is 14.3 Å². The number of hydrogen-bond donors (Lipinski definition) is 0. The highest BCUT2D eigenvalue weighted by molar-refractivity contribution is 7.55. The van der Waals surface area contributed by atoms with Crippen molar-refractivity contribution >= 4 is 13.8 Å². The van der Waals surface area contributed by atoms with Gasteiger partial charge in [0.1, 0.15) is 0 Å². The molecule has 0 saturated carbocycles. The lowest BCUT2D eigenvalue weighted by Crippen LogP contribution is -2.33. The van der Waals surface area contributed by atoms with Gasteiger partial charge in [0.05, 0.1) is 13.2 Å². The van der Waals surface area contributed by atoms with Gasteiger partial charge in [-0.2, -0.15) is 4.74 Å². The highest BCUT2D eigenvalue weighted by atomic mass is 31.2. The molecule has 0 fully saturated rings. The van der Waals surface area contributed by atoms with Gasteiger partial charge in [-0.1, -0.05) is 0 Å². The molecular weight excluding hydrogens is 249 g/mol. The minimum atomic E-state index is -3.35. The van der Waals surface area contributed by atoms with Crippen LogP contribution >= 0.6 is 7.60 Å². The van der Waals surface area contributed by atoms with Gasteiger partial charge >= 0.3 is 7.60 Å². The Kier molecular flexibility index (Phi) is 6.52. The molecule has 100 valence electrons. The van der Waals surface area contributed by atoms with Crippen molar-refractivity contribution in [2.24, 2.45) is 0 Å². The molecular formula is C9H18NO6P. The number of nitrogens with zero attached hydrogens (tertiary/aromatic N) is 1. The highest BCUT2D eigenvalue weighted by Gasteiger charge is 2.56. The van der Waals surface area contributed by atoms with E-state index in [9.17, 15) is 9.77 Å². The molecule has 0 N–H and O–H groups in total. The summed E-state index contributed by atoms with van der Waals surface area (Å²) >= 11 is 0. The smallest absolute Gasteiger partial charge is 0.401 e. The Bertz CT molecular complexity index is 311. The molecule has 0 saturated heterocycles. The molecule has 1 rings (SSSR count). The summed E-state index contributed by atoms with van der Waals surface area (Å²) in [6, 6.07) is 0. The van der Waals surface area contributed by atoms with Crippen LogP contribution in [0.4, 0.5) is 0 Å². The second kappa shape index (κ2) is 6.83. The van der Waals surface area contributed by atoms with E-state index in [2.05, 4.69) is 0 Å². The van der Waals surface area contributed by atoms with Crippen molar-refractivity contribution in [1.82, 2.24) is 0 Å². The molecule has 1 atom stereocenters. The fourth-order valence-corrected chi connectivity index (χ4v) is 3.71. The first-order chi connectivity index (χ1) is 8.00. The summed E-state index contributed by atoms with van der Waals surface area (Å²) in [6.45, 7) is 5.67. The van der Waals surface area contributed by atoms with Crippen LogP contribution in [-0.4, -0.2) is 29.4 Å². The van der Waals surface area contributed by atoms with E-state index in [1.807, 2.05) is 0 Å². The van der Waals surface area contributed by atoms with Gasteiger partial charge in [-0.3, -0.25) is 4.57 Å². The van der Waals surface area contributed by atoms with Crippen LogP contribution in [0.15, 0.2) is 0 Å². The molecule has 1 heterocycles. The summed E-state index contributed by atoms with van der Waals surface area (Å²) in [5.74, 6) is 0. The molecule has 0 aromatic rings. The summed E-state index contributed by atoms with van der Waals surface area (Å²) in [4.78, 5) is 14.0. The Morgan fingerprint density at radius 3 is 2.12 bits per heavy atom. The van der Waals surface area contributed by atoms with Crippen LogP contribution in [0.1, 0.15) is 33.6 Å². The average Bonchev–Trinajstić information content (AvgIpc) is 2.64. The summed E-state index contributed by atoms with van der Waals surface area (Å²) in [7, 11) is -3.35. The van der Waals surface area contributed by atoms with Crippen LogP contribution in [0.5, 0.6) is 0 Å². The monoisotopic (exact) mass is 267 g/mol. The van der Waals surface area contributed by atoms with Crippen molar-refractivity contribution in [1.29, 1.82) is 0 Å². The molecule has 0 bridgehead atoms. The van der Waals surface area contributed by atoms with Gasteiger partial charge in [0, 0.05) is 29.7 Å². The van der Waals surface area contributed by atoms with Crippen molar-refractivity contribution in [2.75, 3.05) is 13.2 Å². The van der Waals surface area contributed by atoms with Gasteiger partial charge in [-0.25, -0.2) is 0 Å². The third kappa shape index (κ3) is 3.12. The molecule has 1 aliphatic rings. The van der Waals surface area contributed by atoms with Crippen molar-refractivity contribution in [3.63, 3.8) is 0 Å². The van der Waals surface area contributed by atoms with Crippen molar-refractivity contribution < 1.29 is 18.4 Å². The SMILES string of the molecule is CCOP(=O)(OCC)C1(C)CCC=[N+]1[O-].O=O. The standard InChI is InChI=1S/C9H18NO4P.O2/c1-4-13-15(12,14-5-2)9(3)7-6-8-10(9)11;1-2/h8H,4-7H2,1-3H3;. The molecule has 0 aromatic heterocycles. The van der Waals surface area contributed by atoms with Crippen LogP contribution in [0.25, 0.3) is 0 Å². The van der Waals surface area contributed by atoms with E-state index in [0.717, 1.165) is 4.74 Å². The van der Waals surface area contributed by atoms with Crippen molar-refractivity contribution in [3.8, 4) is 0 Å². The third-order valence-electron chi connectivity index (χ3n) is 2.58. The zero-order valence-corrected chi connectivity index (χ0v) is 11.1. The summed E-state index contributed by atoms with van der Waals surface area (Å²) in [6.07, 6.45) is 2.61. The van der Waals surface area contributed by atoms with E-state index in [-0.39, 0.29) is 13.2 Å². The predicted octanol–water partition coefficient (Wildman–Crippen LogP) is 2.41. The van der Waals surface area contributed by atoms with Crippen LogP contribution in [0.2, 0.25) is 0 Å². The van der Waals surface area contributed by atoms with E-state index < -0.39 is 12.9 Å². The largest absolute Gasteiger partial charge is 0.623 e. The molecule has 0 radical (unpaired) electrons. The van der Waals surface area contributed by atoms with Crippen molar-refractivity contribution in [2.45, 2.75) is 38.9 Å². The number of hydroxylamine groups is 1. The maximum atomic E-state index is 12.4. The minimum absolute atomic E-state index is 0.278. The Hall–Kier alpha value is -0.780. The maximum Gasteiger partial charge on any atom is 0.401 e. The molecule has 1 unspecified atom stereocenters. The third-order valence-corrected chi connectivity index (χ3v) is 5.37. The molecule has 17 heavy (non-hydrogen) atoms. The maximum absolute atomic E-state index is 12.4. The van der Waals surface area contributed by atoms with Gasteiger partial charge in [-0.05, 0) is 13.8 Å². The number of rotatable bonds is 5. The predicted molar refractivity (Wildman–Crippen MR) is 64.9 cm³/mol. The molecule has 0 aromatic carbocycles.